The lowest BCUT2D eigenvalue weighted by atomic mass is 10.0. The lowest BCUT2D eigenvalue weighted by molar-refractivity contribution is -0.116. The Balaban J connectivity index is 0.000000956. The Morgan fingerprint density at radius 3 is 1.55 bits per heavy atom. The standard InChI is InChI=1S/C17H18O.C2H6/c1-3-14-4-8-16(9-5-14)17-10-6-15(7-11-17)12-13(2)18;1-2/h4-11H,3,12H2,1-2H3;1-2H3. The molecule has 0 spiro atoms. The van der Waals surface area contributed by atoms with Crippen LogP contribution >= 0.6 is 0 Å². The van der Waals surface area contributed by atoms with Crippen LogP contribution in [0.5, 0.6) is 0 Å². The number of Topliss-reactive ketones (excluding diaryl/α,β-unsaturated/α-hetero) is 1. The average molecular weight is 268 g/mol. The molecule has 0 amide bonds. The van der Waals surface area contributed by atoms with Gasteiger partial charge >= 0.3 is 0 Å². The Hall–Kier alpha value is -1.89. The minimum Gasteiger partial charge on any atom is -0.300 e. The summed E-state index contributed by atoms with van der Waals surface area (Å²) >= 11 is 0. The number of carbonyl (C=O) groups is 1. The molecule has 20 heavy (non-hydrogen) atoms. The van der Waals surface area contributed by atoms with Crippen LogP contribution in [0, 0.1) is 0 Å². The number of hydrogen-bond acceptors (Lipinski definition) is 1. The van der Waals surface area contributed by atoms with Gasteiger partial charge in [-0.15, -0.1) is 0 Å². The lowest BCUT2D eigenvalue weighted by Gasteiger charge is -2.04. The summed E-state index contributed by atoms with van der Waals surface area (Å²) in [6.07, 6.45) is 1.59. The maximum atomic E-state index is 11.0. The van der Waals surface area contributed by atoms with Gasteiger partial charge in [-0.1, -0.05) is 69.3 Å². The summed E-state index contributed by atoms with van der Waals surface area (Å²) in [5.74, 6) is 0.204. The van der Waals surface area contributed by atoms with E-state index in [1.165, 1.54) is 16.7 Å². The van der Waals surface area contributed by atoms with E-state index >= 15 is 0 Å². The highest BCUT2D eigenvalue weighted by Gasteiger charge is 2.00. The van der Waals surface area contributed by atoms with E-state index in [4.69, 9.17) is 0 Å². The molecule has 0 bridgehead atoms. The highest BCUT2D eigenvalue weighted by Crippen LogP contribution is 2.20. The Bertz CT molecular complexity index is 521. The van der Waals surface area contributed by atoms with Crippen LogP contribution < -0.4 is 0 Å². The van der Waals surface area contributed by atoms with E-state index in [1.54, 1.807) is 6.92 Å². The van der Waals surface area contributed by atoms with Gasteiger partial charge in [0.2, 0.25) is 0 Å². The molecule has 2 aromatic carbocycles. The summed E-state index contributed by atoms with van der Waals surface area (Å²) in [4.78, 5) is 11.0. The molecule has 0 unspecified atom stereocenters. The summed E-state index contributed by atoms with van der Waals surface area (Å²) in [7, 11) is 0. The van der Waals surface area contributed by atoms with Gasteiger partial charge in [0.05, 0.1) is 0 Å². The molecule has 0 heterocycles. The van der Waals surface area contributed by atoms with E-state index in [9.17, 15) is 4.79 Å². The summed E-state index contributed by atoms with van der Waals surface area (Å²) in [6, 6.07) is 16.9. The molecular weight excluding hydrogens is 244 g/mol. The van der Waals surface area contributed by atoms with Gasteiger partial charge in [0, 0.05) is 6.42 Å². The molecule has 2 rings (SSSR count). The van der Waals surface area contributed by atoms with Gasteiger partial charge in [-0.05, 0) is 35.6 Å². The molecule has 0 saturated carbocycles. The highest BCUT2D eigenvalue weighted by molar-refractivity contribution is 5.78. The number of ketones is 1. The van der Waals surface area contributed by atoms with Gasteiger partial charge in [0.25, 0.3) is 0 Å². The van der Waals surface area contributed by atoms with Crippen molar-refractivity contribution in [3.05, 3.63) is 59.7 Å². The zero-order valence-corrected chi connectivity index (χ0v) is 12.9. The van der Waals surface area contributed by atoms with Gasteiger partial charge in [0.15, 0.2) is 0 Å². The molecule has 0 atom stereocenters. The van der Waals surface area contributed by atoms with Crippen LogP contribution in [0.15, 0.2) is 48.5 Å². The summed E-state index contributed by atoms with van der Waals surface area (Å²) in [6.45, 7) is 7.78. The first-order chi connectivity index (χ1) is 9.69. The van der Waals surface area contributed by atoms with E-state index in [1.807, 2.05) is 26.0 Å². The second kappa shape index (κ2) is 8.31. The summed E-state index contributed by atoms with van der Waals surface area (Å²) < 4.78 is 0. The first kappa shape index (κ1) is 16.2. The van der Waals surface area contributed by atoms with Crippen LogP contribution in [0.1, 0.15) is 38.8 Å². The number of carbonyl (C=O) groups excluding carboxylic acids is 1. The van der Waals surface area contributed by atoms with Crippen molar-refractivity contribution in [2.75, 3.05) is 0 Å². The average Bonchev–Trinajstić information content (AvgIpc) is 2.50. The Labute approximate surface area is 122 Å². The number of hydrogen-bond donors (Lipinski definition) is 0. The van der Waals surface area contributed by atoms with Crippen LogP contribution in [0.4, 0.5) is 0 Å². The minimum absolute atomic E-state index is 0.204. The van der Waals surface area contributed by atoms with Crippen molar-refractivity contribution in [3.63, 3.8) is 0 Å². The monoisotopic (exact) mass is 268 g/mol. The third-order valence-corrected chi connectivity index (χ3v) is 3.10. The first-order valence-electron chi connectivity index (χ1n) is 7.36. The maximum absolute atomic E-state index is 11.0. The largest absolute Gasteiger partial charge is 0.300 e. The molecule has 0 fully saturated rings. The molecule has 0 aliphatic rings. The van der Waals surface area contributed by atoms with E-state index in [0.29, 0.717) is 6.42 Å². The molecule has 0 radical (unpaired) electrons. The van der Waals surface area contributed by atoms with Crippen molar-refractivity contribution in [1.29, 1.82) is 0 Å². The van der Waals surface area contributed by atoms with Crippen LogP contribution in [-0.2, 0) is 17.6 Å². The van der Waals surface area contributed by atoms with Crippen LogP contribution in [-0.4, -0.2) is 5.78 Å². The van der Waals surface area contributed by atoms with Crippen molar-refractivity contribution in [1.82, 2.24) is 0 Å². The van der Waals surface area contributed by atoms with Crippen molar-refractivity contribution in [2.24, 2.45) is 0 Å². The molecule has 1 heteroatoms. The van der Waals surface area contributed by atoms with E-state index in [0.717, 1.165) is 12.0 Å². The zero-order chi connectivity index (χ0) is 15.0. The predicted molar refractivity (Wildman–Crippen MR) is 87.0 cm³/mol. The van der Waals surface area contributed by atoms with Crippen LogP contribution in [0.3, 0.4) is 0 Å². The first-order valence-corrected chi connectivity index (χ1v) is 7.36. The number of aryl methyl sites for hydroxylation is 1. The minimum atomic E-state index is 0.204. The van der Waals surface area contributed by atoms with Crippen molar-refractivity contribution < 1.29 is 4.79 Å². The van der Waals surface area contributed by atoms with Gasteiger partial charge in [-0.3, -0.25) is 4.79 Å². The van der Waals surface area contributed by atoms with E-state index < -0.39 is 0 Å². The topological polar surface area (TPSA) is 17.1 Å². The molecule has 0 N–H and O–H groups in total. The molecule has 0 aliphatic carbocycles. The quantitative estimate of drug-likeness (QED) is 0.756. The smallest absolute Gasteiger partial charge is 0.134 e. The van der Waals surface area contributed by atoms with Gasteiger partial charge in [0.1, 0.15) is 5.78 Å². The Morgan fingerprint density at radius 2 is 1.20 bits per heavy atom. The lowest BCUT2D eigenvalue weighted by Crippen LogP contribution is -1.95. The summed E-state index contributed by atoms with van der Waals surface area (Å²) in [5, 5.41) is 0. The fraction of sp³-hybridized carbons (Fsp3) is 0.316. The zero-order valence-electron chi connectivity index (χ0n) is 12.9. The normalized spacial score (nSPS) is 9.60. The molecule has 0 aliphatic heterocycles. The molecule has 2 aromatic rings. The van der Waals surface area contributed by atoms with Crippen LogP contribution in [0.25, 0.3) is 11.1 Å². The maximum Gasteiger partial charge on any atom is 0.134 e. The van der Waals surface area contributed by atoms with Gasteiger partial charge < -0.3 is 0 Å². The van der Waals surface area contributed by atoms with Gasteiger partial charge in [-0.2, -0.15) is 0 Å². The summed E-state index contributed by atoms with van der Waals surface area (Å²) in [5.41, 5.74) is 4.86. The predicted octanol–water partition coefficient (Wildman–Crippen LogP) is 5.07. The van der Waals surface area contributed by atoms with Crippen molar-refractivity contribution in [2.45, 2.75) is 40.5 Å². The van der Waals surface area contributed by atoms with Crippen molar-refractivity contribution in [3.8, 4) is 11.1 Å². The Morgan fingerprint density at radius 1 is 0.800 bits per heavy atom. The van der Waals surface area contributed by atoms with Gasteiger partial charge in [-0.25, -0.2) is 0 Å². The molecule has 106 valence electrons. The molecule has 0 aromatic heterocycles. The third-order valence-electron chi connectivity index (χ3n) is 3.10. The highest BCUT2D eigenvalue weighted by atomic mass is 16.1. The van der Waals surface area contributed by atoms with Crippen molar-refractivity contribution >= 4 is 5.78 Å². The molecular formula is C19H24O. The third kappa shape index (κ3) is 4.65. The molecule has 1 nitrogen and oxygen atoms in total. The number of rotatable bonds is 4. The number of benzene rings is 2. The molecule has 0 saturated heterocycles. The second-order valence-corrected chi connectivity index (χ2v) is 4.63. The van der Waals surface area contributed by atoms with E-state index in [-0.39, 0.29) is 5.78 Å². The van der Waals surface area contributed by atoms with Crippen LogP contribution in [0.2, 0.25) is 0 Å². The second-order valence-electron chi connectivity index (χ2n) is 4.63. The SMILES string of the molecule is CC.CCc1ccc(-c2ccc(CC(C)=O)cc2)cc1. The van der Waals surface area contributed by atoms with E-state index in [2.05, 4.69) is 43.3 Å². The fourth-order valence-electron chi connectivity index (χ4n) is 2.04. The Kier molecular flexibility index (Phi) is 6.72. The fourth-order valence-corrected chi connectivity index (χ4v) is 2.04.